The van der Waals surface area contributed by atoms with Gasteiger partial charge in [-0.1, -0.05) is 37.3 Å². The average Bonchev–Trinajstić information content (AvgIpc) is 2.82. The van der Waals surface area contributed by atoms with Crippen LogP contribution in [0, 0.1) is 6.92 Å². The maximum Gasteiger partial charge on any atom is 0.0371 e. The summed E-state index contributed by atoms with van der Waals surface area (Å²) in [5.41, 5.74) is 4.26. The molecule has 0 spiro atoms. The van der Waals surface area contributed by atoms with Gasteiger partial charge in [0.05, 0.1) is 0 Å². The number of aryl methyl sites for hydroxylation is 1. The minimum Gasteiger partial charge on any atom is -0.310 e. The Hall–Kier alpha value is -1.12. The van der Waals surface area contributed by atoms with Crippen LogP contribution in [-0.4, -0.2) is 6.54 Å². The largest absolute Gasteiger partial charge is 0.310 e. The first-order chi connectivity index (χ1) is 8.81. The summed E-state index contributed by atoms with van der Waals surface area (Å²) >= 11 is 1.80. The predicted octanol–water partition coefficient (Wildman–Crippen LogP) is 4.34. The molecule has 0 saturated carbocycles. The fraction of sp³-hybridized carbons (Fsp3) is 0.375. The van der Waals surface area contributed by atoms with E-state index in [1.165, 1.54) is 23.1 Å². The van der Waals surface area contributed by atoms with Gasteiger partial charge in [0.1, 0.15) is 0 Å². The molecular weight excluding hydrogens is 238 g/mol. The summed E-state index contributed by atoms with van der Waals surface area (Å²) in [6.45, 7) is 5.50. The molecule has 0 aliphatic heterocycles. The van der Waals surface area contributed by atoms with Crippen LogP contribution in [0.4, 0.5) is 0 Å². The second-order valence-electron chi connectivity index (χ2n) is 4.71. The number of benzene rings is 1. The summed E-state index contributed by atoms with van der Waals surface area (Å²) in [6, 6.07) is 11.2. The van der Waals surface area contributed by atoms with Crippen LogP contribution in [0.2, 0.25) is 0 Å². The normalized spacial score (nSPS) is 12.6. The third-order valence-electron chi connectivity index (χ3n) is 3.19. The van der Waals surface area contributed by atoms with Gasteiger partial charge < -0.3 is 5.32 Å². The molecule has 1 atom stereocenters. The Morgan fingerprint density at radius 3 is 2.56 bits per heavy atom. The van der Waals surface area contributed by atoms with E-state index in [1.54, 1.807) is 11.3 Å². The van der Waals surface area contributed by atoms with Gasteiger partial charge in [0.15, 0.2) is 0 Å². The number of thiophene rings is 1. The van der Waals surface area contributed by atoms with Gasteiger partial charge in [-0.3, -0.25) is 0 Å². The number of rotatable bonds is 6. The van der Waals surface area contributed by atoms with E-state index in [9.17, 15) is 0 Å². The molecule has 0 fully saturated rings. The molecule has 18 heavy (non-hydrogen) atoms. The van der Waals surface area contributed by atoms with Crippen molar-refractivity contribution in [3.63, 3.8) is 0 Å². The summed E-state index contributed by atoms with van der Waals surface area (Å²) in [5.74, 6) is 0. The Labute approximate surface area is 114 Å². The van der Waals surface area contributed by atoms with Crippen LogP contribution in [0.5, 0.6) is 0 Å². The van der Waals surface area contributed by atoms with Gasteiger partial charge in [0, 0.05) is 6.04 Å². The molecule has 96 valence electrons. The zero-order valence-corrected chi connectivity index (χ0v) is 12.0. The maximum atomic E-state index is 3.67. The van der Waals surface area contributed by atoms with E-state index in [4.69, 9.17) is 0 Å². The second kappa shape index (κ2) is 6.72. The van der Waals surface area contributed by atoms with Gasteiger partial charge in [-0.2, -0.15) is 11.3 Å². The lowest BCUT2D eigenvalue weighted by molar-refractivity contribution is 0.528. The molecule has 0 bridgehead atoms. The van der Waals surface area contributed by atoms with E-state index < -0.39 is 0 Å². The number of hydrogen-bond donors (Lipinski definition) is 1. The number of hydrogen-bond acceptors (Lipinski definition) is 2. The third kappa shape index (κ3) is 3.44. The molecule has 1 unspecified atom stereocenters. The molecule has 0 saturated heterocycles. The highest BCUT2D eigenvalue weighted by atomic mass is 32.1. The number of nitrogens with one attached hydrogen (secondary N) is 1. The molecule has 1 aromatic heterocycles. The highest BCUT2D eigenvalue weighted by Crippen LogP contribution is 2.25. The van der Waals surface area contributed by atoms with Crippen molar-refractivity contribution >= 4 is 11.3 Å². The first-order valence-electron chi connectivity index (χ1n) is 6.61. The van der Waals surface area contributed by atoms with Crippen molar-refractivity contribution in [3.8, 4) is 0 Å². The van der Waals surface area contributed by atoms with E-state index in [0.717, 1.165) is 13.0 Å². The smallest absolute Gasteiger partial charge is 0.0371 e. The summed E-state index contributed by atoms with van der Waals surface area (Å²) in [4.78, 5) is 0. The lowest BCUT2D eigenvalue weighted by Crippen LogP contribution is -2.24. The molecule has 2 heteroatoms. The van der Waals surface area contributed by atoms with Gasteiger partial charge in [-0.05, 0) is 53.8 Å². The van der Waals surface area contributed by atoms with E-state index in [0.29, 0.717) is 6.04 Å². The fourth-order valence-corrected chi connectivity index (χ4v) is 3.09. The summed E-state index contributed by atoms with van der Waals surface area (Å²) in [7, 11) is 0. The van der Waals surface area contributed by atoms with Crippen LogP contribution >= 0.6 is 11.3 Å². The molecule has 0 aliphatic carbocycles. The molecular formula is C16H21NS. The maximum absolute atomic E-state index is 3.67. The quantitative estimate of drug-likeness (QED) is 0.813. The van der Waals surface area contributed by atoms with Crippen molar-refractivity contribution in [2.75, 3.05) is 6.54 Å². The van der Waals surface area contributed by atoms with Crippen LogP contribution in [0.3, 0.4) is 0 Å². The summed E-state index contributed by atoms with van der Waals surface area (Å²) in [5, 5.41) is 8.19. The highest BCUT2D eigenvalue weighted by Gasteiger charge is 2.14. The van der Waals surface area contributed by atoms with Gasteiger partial charge in [-0.15, -0.1) is 0 Å². The fourth-order valence-electron chi connectivity index (χ4n) is 2.19. The minimum absolute atomic E-state index is 0.443. The van der Waals surface area contributed by atoms with E-state index in [2.05, 4.69) is 60.3 Å². The van der Waals surface area contributed by atoms with Crippen LogP contribution in [0.25, 0.3) is 0 Å². The molecule has 1 heterocycles. The van der Waals surface area contributed by atoms with Gasteiger partial charge in [-0.25, -0.2) is 0 Å². The zero-order valence-electron chi connectivity index (χ0n) is 11.1. The van der Waals surface area contributed by atoms with E-state index >= 15 is 0 Å². The zero-order chi connectivity index (χ0) is 12.8. The lowest BCUT2D eigenvalue weighted by atomic mass is 9.98. The second-order valence-corrected chi connectivity index (χ2v) is 5.45. The topological polar surface area (TPSA) is 12.0 Å². The molecule has 1 N–H and O–H groups in total. The van der Waals surface area contributed by atoms with Crippen LogP contribution in [0.15, 0.2) is 41.1 Å². The van der Waals surface area contributed by atoms with Crippen molar-refractivity contribution in [1.29, 1.82) is 0 Å². The summed E-state index contributed by atoms with van der Waals surface area (Å²) in [6.07, 6.45) is 2.24. The SMILES string of the molecule is CCCNC(Cc1ccccc1)c1cscc1C. The molecule has 2 rings (SSSR count). The Morgan fingerprint density at radius 2 is 1.94 bits per heavy atom. The van der Waals surface area contributed by atoms with Crippen molar-refractivity contribution in [3.05, 3.63) is 57.8 Å². The standard InChI is InChI=1S/C16H21NS/c1-3-9-17-16(15-12-18-11-13(15)2)10-14-7-5-4-6-8-14/h4-8,11-12,16-17H,3,9-10H2,1-2H3. The molecule has 0 amide bonds. The lowest BCUT2D eigenvalue weighted by Gasteiger charge is -2.19. The van der Waals surface area contributed by atoms with Crippen LogP contribution < -0.4 is 5.32 Å². The van der Waals surface area contributed by atoms with Crippen molar-refractivity contribution in [2.45, 2.75) is 32.7 Å². The molecule has 0 radical (unpaired) electrons. The van der Waals surface area contributed by atoms with Crippen LogP contribution in [-0.2, 0) is 6.42 Å². The Morgan fingerprint density at radius 1 is 1.17 bits per heavy atom. The Kier molecular flexibility index (Phi) is 4.97. The van der Waals surface area contributed by atoms with Gasteiger partial charge in [0.25, 0.3) is 0 Å². The molecule has 0 aliphatic rings. The molecule has 2 aromatic rings. The van der Waals surface area contributed by atoms with Crippen molar-refractivity contribution in [2.24, 2.45) is 0 Å². The van der Waals surface area contributed by atoms with Gasteiger partial charge >= 0.3 is 0 Å². The minimum atomic E-state index is 0.443. The van der Waals surface area contributed by atoms with Crippen LogP contribution in [0.1, 0.15) is 36.1 Å². The predicted molar refractivity (Wildman–Crippen MR) is 80.2 cm³/mol. The first-order valence-corrected chi connectivity index (χ1v) is 7.55. The third-order valence-corrected chi connectivity index (χ3v) is 4.07. The highest BCUT2D eigenvalue weighted by molar-refractivity contribution is 7.08. The Bertz CT molecular complexity index is 461. The monoisotopic (exact) mass is 259 g/mol. The van der Waals surface area contributed by atoms with Gasteiger partial charge in [0.2, 0.25) is 0 Å². The average molecular weight is 259 g/mol. The Balaban J connectivity index is 2.13. The molecule has 1 aromatic carbocycles. The summed E-state index contributed by atoms with van der Waals surface area (Å²) < 4.78 is 0. The van der Waals surface area contributed by atoms with Crippen molar-refractivity contribution < 1.29 is 0 Å². The van der Waals surface area contributed by atoms with E-state index in [1.807, 2.05) is 0 Å². The first kappa shape index (κ1) is 13.3. The van der Waals surface area contributed by atoms with Crippen molar-refractivity contribution in [1.82, 2.24) is 5.32 Å². The van der Waals surface area contributed by atoms with E-state index in [-0.39, 0.29) is 0 Å². The molecule has 1 nitrogen and oxygen atoms in total.